The number of hydrogen-bond acceptors (Lipinski definition) is 5. The highest BCUT2D eigenvalue weighted by Gasteiger charge is 2.18. The molecule has 0 radical (unpaired) electrons. The Kier molecular flexibility index (Phi) is 5.61. The minimum absolute atomic E-state index is 0.191. The molecule has 7 heteroatoms. The fourth-order valence-corrected chi connectivity index (χ4v) is 3.84. The minimum atomic E-state index is -3.73. The van der Waals surface area contributed by atoms with Gasteiger partial charge in [-0.1, -0.05) is 30.3 Å². The van der Waals surface area contributed by atoms with Crippen LogP contribution in [0.4, 0.5) is 11.5 Å². The number of nitrogens with zero attached hydrogens (tertiary/aromatic N) is 1. The summed E-state index contributed by atoms with van der Waals surface area (Å²) in [5.74, 6) is 0.869. The summed E-state index contributed by atoms with van der Waals surface area (Å²) in [6.45, 7) is 2.39. The van der Waals surface area contributed by atoms with Gasteiger partial charge in [-0.05, 0) is 48.4 Å². The highest BCUT2D eigenvalue weighted by atomic mass is 32.2. The third-order valence-electron chi connectivity index (χ3n) is 4.01. The number of rotatable bonds is 7. The fourth-order valence-electron chi connectivity index (χ4n) is 2.60. The monoisotopic (exact) mass is 383 g/mol. The number of aryl methyl sites for hydroxylation is 1. The van der Waals surface area contributed by atoms with Crippen molar-refractivity contribution in [1.82, 2.24) is 4.98 Å². The second-order valence-electron chi connectivity index (χ2n) is 6.01. The lowest BCUT2D eigenvalue weighted by Gasteiger charge is -2.12. The van der Waals surface area contributed by atoms with Crippen LogP contribution in [-0.4, -0.2) is 20.5 Å². The molecule has 0 unspecified atom stereocenters. The SMILES string of the molecule is COc1ccc(S(=O)(=O)Nc2ccc(NCc3ccccc3)cn2)c(C)c1. The van der Waals surface area contributed by atoms with E-state index in [1.165, 1.54) is 6.07 Å². The molecule has 0 aliphatic rings. The van der Waals surface area contributed by atoms with E-state index in [-0.39, 0.29) is 10.7 Å². The Balaban J connectivity index is 1.68. The highest BCUT2D eigenvalue weighted by Crippen LogP contribution is 2.23. The Morgan fingerprint density at radius 1 is 1.04 bits per heavy atom. The number of nitrogens with one attached hydrogen (secondary N) is 2. The zero-order valence-electron chi connectivity index (χ0n) is 15.1. The normalized spacial score (nSPS) is 11.0. The summed E-state index contributed by atoms with van der Waals surface area (Å²) in [7, 11) is -2.19. The maximum atomic E-state index is 12.6. The van der Waals surface area contributed by atoms with Crippen LogP contribution in [0.25, 0.3) is 0 Å². The molecule has 27 heavy (non-hydrogen) atoms. The molecule has 0 saturated heterocycles. The summed E-state index contributed by atoms with van der Waals surface area (Å²) >= 11 is 0. The first-order chi connectivity index (χ1) is 13.0. The number of benzene rings is 2. The highest BCUT2D eigenvalue weighted by molar-refractivity contribution is 7.92. The van der Waals surface area contributed by atoms with Gasteiger partial charge in [0.15, 0.2) is 0 Å². The molecule has 0 amide bonds. The summed E-state index contributed by atoms with van der Waals surface area (Å²) in [6, 6.07) is 18.2. The van der Waals surface area contributed by atoms with Crippen LogP contribution in [0.2, 0.25) is 0 Å². The van der Waals surface area contributed by atoms with Crippen molar-refractivity contribution in [2.75, 3.05) is 17.1 Å². The Bertz CT molecular complexity index is 1000. The largest absolute Gasteiger partial charge is 0.497 e. The molecule has 2 aromatic carbocycles. The maximum absolute atomic E-state index is 12.6. The summed E-state index contributed by atoms with van der Waals surface area (Å²) in [5.41, 5.74) is 2.56. The predicted molar refractivity (Wildman–Crippen MR) is 107 cm³/mol. The van der Waals surface area contributed by atoms with Crippen LogP contribution in [0.15, 0.2) is 71.8 Å². The lowest BCUT2D eigenvalue weighted by Crippen LogP contribution is -2.15. The summed E-state index contributed by atoms with van der Waals surface area (Å²) in [5, 5.41) is 3.25. The van der Waals surface area contributed by atoms with Crippen molar-refractivity contribution in [3.05, 3.63) is 78.0 Å². The van der Waals surface area contributed by atoms with Crippen molar-refractivity contribution < 1.29 is 13.2 Å². The van der Waals surface area contributed by atoms with Gasteiger partial charge in [0.1, 0.15) is 11.6 Å². The third kappa shape index (κ3) is 4.77. The molecule has 0 fully saturated rings. The number of sulfonamides is 1. The van der Waals surface area contributed by atoms with E-state index < -0.39 is 10.0 Å². The predicted octanol–water partition coefficient (Wildman–Crippen LogP) is 3.81. The lowest BCUT2D eigenvalue weighted by molar-refractivity contribution is 0.414. The van der Waals surface area contributed by atoms with Crippen LogP contribution in [0, 0.1) is 6.92 Å². The van der Waals surface area contributed by atoms with Gasteiger partial charge >= 0.3 is 0 Å². The fraction of sp³-hybridized carbons (Fsp3) is 0.150. The van der Waals surface area contributed by atoms with Crippen LogP contribution in [0.3, 0.4) is 0 Å². The third-order valence-corrected chi connectivity index (χ3v) is 5.53. The van der Waals surface area contributed by atoms with Gasteiger partial charge in [0.25, 0.3) is 10.0 Å². The first-order valence-electron chi connectivity index (χ1n) is 8.39. The van der Waals surface area contributed by atoms with Crippen molar-refractivity contribution in [2.45, 2.75) is 18.4 Å². The van der Waals surface area contributed by atoms with E-state index in [1.807, 2.05) is 30.3 Å². The molecule has 1 aromatic heterocycles. The molecule has 0 aliphatic carbocycles. The van der Waals surface area contributed by atoms with Gasteiger partial charge in [0, 0.05) is 6.54 Å². The van der Waals surface area contributed by atoms with Gasteiger partial charge in [0.2, 0.25) is 0 Å². The molecule has 0 spiro atoms. The van der Waals surface area contributed by atoms with E-state index in [2.05, 4.69) is 15.0 Å². The van der Waals surface area contributed by atoms with E-state index >= 15 is 0 Å². The zero-order valence-corrected chi connectivity index (χ0v) is 16.0. The molecule has 6 nitrogen and oxygen atoms in total. The van der Waals surface area contributed by atoms with Gasteiger partial charge in [-0.25, -0.2) is 13.4 Å². The zero-order chi connectivity index (χ0) is 19.3. The van der Waals surface area contributed by atoms with Crippen LogP contribution < -0.4 is 14.8 Å². The maximum Gasteiger partial charge on any atom is 0.263 e. The molecule has 3 rings (SSSR count). The van der Waals surface area contributed by atoms with E-state index in [4.69, 9.17) is 4.74 Å². The molecule has 140 valence electrons. The average Bonchev–Trinajstić information content (AvgIpc) is 2.67. The molecule has 0 atom stereocenters. The lowest BCUT2D eigenvalue weighted by atomic mass is 10.2. The molecule has 2 N–H and O–H groups in total. The molecular formula is C20H21N3O3S. The summed E-state index contributed by atoms with van der Waals surface area (Å²) in [4.78, 5) is 4.38. The van der Waals surface area contributed by atoms with E-state index in [0.717, 1.165) is 11.3 Å². The average molecular weight is 383 g/mol. The number of ether oxygens (including phenoxy) is 1. The second-order valence-corrected chi connectivity index (χ2v) is 7.66. The first kappa shape index (κ1) is 18.7. The molecular weight excluding hydrogens is 362 g/mol. The van der Waals surface area contributed by atoms with Crippen LogP contribution in [-0.2, 0) is 16.6 Å². The topological polar surface area (TPSA) is 80.3 Å². The Hall–Kier alpha value is -3.06. The van der Waals surface area contributed by atoms with Crippen molar-refractivity contribution in [3.63, 3.8) is 0 Å². The smallest absolute Gasteiger partial charge is 0.263 e. The van der Waals surface area contributed by atoms with E-state index in [1.54, 1.807) is 44.5 Å². The number of aromatic nitrogens is 1. The van der Waals surface area contributed by atoms with Gasteiger partial charge in [-0.15, -0.1) is 0 Å². The Morgan fingerprint density at radius 3 is 2.44 bits per heavy atom. The van der Waals surface area contributed by atoms with E-state index in [0.29, 0.717) is 17.9 Å². The van der Waals surface area contributed by atoms with E-state index in [9.17, 15) is 8.42 Å². The van der Waals surface area contributed by atoms with Crippen LogP contribution in [0.5, 0.6) is 5.75 Å². The minimum Gasteiger partial charge on any atom is -0.497 e. The molecule has 3 aromatic rings. The van der Waals surface area contributed by atoms with Crippen molar-refractivity contribution >= 4 is 21.5 Å². The van der Waals surface area contributed by atoms with Crippen molar-refractivity contribution in [2.24, 2.45) is 0 Å². The van der Waals surface area contributed by atoms with Crippen LogP contribution in [0.1, 0.15) is 11.1 Å². The standard InChI is InChI=1S/C20H21N3O3S/c1-15-12-18(26-2)9-10-19(15)27(24,25)23-20-11-8-17(14-22-20)21-13-16-6-4-3-5-7-16/h3-12,14,21H,13H2,1-2H3,(H,22,23). The molecule has 1 heterocycles. The van der Waals surface area contributed by atoms with Gasteiger partial charge < -0.3 is 10.1 Å². The number of pyridine rings is 1. The Morgan fingerprint density at radius 2 is 1.81 bits per heavy atom. The van der Waals surface area contributed by atoms with Crippen molar-refractivity contribution in [1.29, 1.82) is 0 Å². The molecule has 0 saturated carbocycles. The summed E-state index contributed by atoms with van der Waals surface area (Å²) in [6.07, 6.45) is 1.60. The van der Waals surface area contributed by atoms with Crippen molar-refractivity contribution in [3.8, 4) is 5.75 Å². The van der Waals surface area contributed by atoms with Gasteiger partial charge in [-0.2, -0.15) is 0 Å². The van der Waals surface area contributed by atoms with Gasteiger partial charge in [0.05, 0.1) is 23.9 Å². The second kappa shape index (κ2) is 8.09. The number of methoxy groups -OCH3 is 1. The molecule has 0 aliphatic heterocycles. The molecule has 0 bridgehead atoms. The number of hydrogen-bond donors (Lipinski definition) is 2. The first-order valence-corrected chi connectivity index (χ1v) is 9.87. The van der Waals surface area contributed by atoms with Crippen LogP contribution >= 0.6 is 0 Å². The van der Waals surface area contributed by atoms with Gasteiger partial charge in [-0.3, -0.25) is 4.72 Å². The number of anilines is 2. The Labute approximate surface area is 159 Å². The quantitative estimate of drug-likeness (QED) is 0.648. The summed E-state index contributed by atoms with van der Waals surface area (Å²) < 4.78 is 32.8.